The molecule has 34 heavy (non-hydrogen) atoms. The van der Waals surface area contributed by atoms with Crippen LogP contribution in [0.2, 0.25) is 0 Å². The molecule has 2 aromatic rings. The molecule has 10 heteroatoms. The second kappa shape index (κ2) is 9.65. The predicted octanol–water partition coefficient (Wildman–Crippen LogP) is 4.63. The van der Waals surface area contributed by atoms with Gasteiger partial charge in [-0.05, 0) is 56.8 Å². The number of thiazole rings is 1. The Balaban J connectivity index is 1.40. The van der Waals surface area contributed by atoms with Crippen LogP contribution in [0.1, 0.15) is 47.9 Å². The van der Waals surface area contributed by atoms with Gasteiger partial charge < -0.3 is 5.32 Å². The summed E-state index contributed by atoms with van der Waals surface area (Å²) in [6.45, 7) is 5.48. The van der Waals surface area contributed by atoms with Crippen molar-refractivity contribution in [3.63, 3.8) is 0 Å². The molecule has 2 saturated heterocycles. The quantitative estimate of drug-likeness (QED) is 0.571. The monoisotopic (exact) mass is 494 g/mol. The van der Waals surface area contributed by atoms with Gasteiger partial charge in [0, 0.05) is 24.4 Å². The number of nitrogens with zero attached hydrogens (tertiary/aromatic N) is 3. The van der Waals surface area contributed by atoms with Crippen molar-refractivity contribution in [1.29, 1.82) is 0 Å². The Morgan fingerprint density at radius 2 is 1.91 bits per heavy atom. The maximum Gasteiger partial charge on any atom is 0.416 e. The van der Waals surface area contributed by atoms with Crippen molar-refractivity contribution in [1.82, 2.24) is 20.1 Å². The highest BCUT2D eigenvalue weighted by Gasteiger charge is 2.54. The van der Waals surface area contributed by atoms with Gasteiger partial charge in [-0.2, -0.15) is 13.2 Å². The van der Waals surface area contributed by atoms with Crippen molar-refractivity contribution in [3.8, 4) is 0 Å². The molecule has 0 radical (unpaired) electrons. The molecular formula is C24H29F3N4O2S. The summed E-state index contributed by atoms with van der Waals surface area (Å²) in [6, 6.07) is 5.30. The number of piperidine rings is 1. The molecule has 2 aliphatic rings. The summed E-state index contributed by atoms with van der Waals surface area (Å²) in [5, 5.41) is 2.98. The largest absolute Gasteiger partial charge is 0.416 e. The number of hydrogen-bond donors (Lipinski definition) is 1. The lowest BCUT2D eigenvalue weighted by atomic mass is 9.75. The first-order chi connectivity index (χ1) is 16.2. The van der Waals surface area contributed by atoms with Gasteiger partial charge in [0.2, 0.25) is 0 Å². The normalized spacial score (nSPS) is 22.4. The third kappa shape index (κ3) is 4.70. The molecule has 1 aromatic carbocycles. The van der Waals surface area contributed by atoms with Crippen LogP contribution in [0.5, 0.6) is 0 Å². The van der Waals surface area contributed by atoms with E-state index in [-0.39, 0.29) is 30.0 Å². The fraction of sp³-hybridized carbons (Fsp3) is 0.542. The van der Waals surface area contributed by atoms with Crippen LogP contribution in [-0.2, 0) is 23.9 Å². The third-order valence-corrected chi connectivity index (χ3v) is 8.16. The minimum absolute atomic E-state index is 0.0572. The molecule has 1 unspecified atom stereocenters. The third-order valence-electron chi connectivity index (χ3n) is 7.17. The molecular weight excluding hydrogens is 465 g/mol. The molecule has 0 spiro atoms. The molecule has 0 saturated carbocycles. The first kappa shape index (κ1) is 24.7. The number of likely N-dealkylation sites (tertiary alicyclic amines) is 1. The molecule has 0 aliphatic carbocycles. The van der Waals surface area contributed by atoms with Crippen LogP contribution in [0, 0.1) is 12.8 Å². The van der Waals surface area contributed by atoms with E-state index in [0.29, 0.717) is 45.3 Å². The van der Waals surface area contributed by atoms with Crippen LogP contribution < -0.4 is 5.32 Å². The number of amides is 3. The van der Waals surface area contributed by atoms with Crippen molar-refractivity contribution >= 4 is 23.3 Å². The van der Waals surface area contributed by atoms with Gasteiger partial charge in [-0.1, -0.05) is 25.1 Å². The number of urea groups is 1. The fourth-order valence-electron chi connectivity index (χ4n) is 5.19. The Bertz CT molecular complexity index is 1050. The van der Waals surface area contributed by atoms with Crippen LogP contribution in [0.25, 0.3) is 0 Å². The Kier molecular flexibility index (Phi) is 7.00. The highest BCUT2D eigenvalue weighted by molar-refractivity contribution is 7.09. The average Bonchev–Trinajstić information content (AvgIpc) is 3.32. The summed E-state index contributed by atoms with van der Waals surface area (Å²) in [5.41, 5.74) is 1.38. The molecule has 1 atom stereocenters. The standard InChI is InChI=1S/C24H29F3N4O2S/c1-3-23(21(32)31(22(33)29-23)13-10-20-16(2)28-15-34-20)18-8-11-30(12-9-18)14-17-6-4-5-7-19(17)24(25,26)27/h4-7,15,18H,3,8-14H2,1-2H3,(H,29,33). The van der Waals surface area contributed by atoms with Gasteiger partial charge in [-0.25, -0.2) is 9.78 Å². The van der Waals surface area contributed by atoms with Gasteiger partial charge in [0.05, 0.1) is 16.8 Å². The minimum atomic E-state index is -4.39. The Morgan fingerprint density at radius 3 is 2.53 bits per heavy atom. The second-order valence-electron chi connectivity index (χ2n) is 9.03. The van der Waals surface area contributed by atoms with Crippen LogP contribution in [0.4, 0.5) is 18.0 Å². The molecule has 2 fully saturated rings. The number of alkyl halides is 3. The lowest BCUT2D eigenvalue weighted by Crippen LogP contribution is -2.55. The number of carbonyl (C=O) groups excluding carboxylic acids is 2. The molecule has 2 aliphatic heterocycles. The van der Waals surface area contributed by atoms with Gasteiger partial charge >= 0.3 is 12.2 Å². The smallest absolute Gasteiger partial charge is 0.323 e. The SMILES string of the molecule is CCC1(C2CCN(Cc3ccccc3C(F)(F)F)CC2)NC(=O)N(CCc2scnc2C)C1=O. The van der Waals surface area contributed by atoms with Crippen molar-refractivity contribution in [2.24, 2.45) is 5.92 Å². The van der Waals surface area contributed by atoms with E-state index in [1.54, 1.807) is 11.6 Å². The van der Waals surface area contributed by atoms with E-state index in [4.69, 9.17) is 0 Å². The number of halogens is 3. The minimum Gasteiger partial charge on any atom is -0.323 e. The molecule has 184 valence electrons. The zero-order valence-electron chi connectivity index (χ0n) is 19.3. The number of hydrogen-bond acceptors (Lipinski definition) is 5. The molecule has 4 rings (SSSR count). The first-order valence-corrected chi connectivity index (χ1v) is 12.4. The molecule has 3 heterocycles. The average molecular weight is 495 g/mol. The predicted molar refractivity (Wildman–Crippen MR) is 123 cm³/mol. The van der Waals surface area contributed by atoms with Crippen molar-refractivity contribution in [2.75, 3.05) is 19.6 Å². The maximum absolute atomic E-state index is 13.4. The maximum atomic E-state index is 13.4. The highest BCUT2D eigenvalue weighted by Crippen LogP contribution is 2.37. The molecule has 1 N–H and O–H groups in total. The molecule has 1 aromatic heterocycles. The summed E-state index contributed by atoms with van der Waals surface area (Å²) in [4.78, 5) is 34.8. The number of carbonyl (C=O) groups is 2. The van der Waals surface area contributed by atoms with Crippen molar-refractivity contribution < 1.29 is 22.8 Å². The van der Waals surface area contributed by atoms with E-state index in [2.05, 4.69) is 10.3 Å². The van der Waals surface area contributed by atoms with Gasteiger partial charge in [0.15, 0.2) is 0 Å². The van der Waals surface area contributed by atoms with Crippen LogP contribution in [0.3, 0.4) is 0 Å². The Hall–Kier alpha value is -2.46. The number of aryl methyl sites for hydroxylation is 1. The fourth-order valence-corrected chi connectivity index (χ4v) is 5.96. The molecule has 0 bridgehead atoms. The summed E-state index contributed by atoms with van der Waals surface area (Å²) in [5.74, 6) is -0.249. The summed E-state index contributed by atoms with van der Waals surface area (Å²) >= 11 is 1.52. The molecule has 6 nitrogen and oxygen atoms in total. The first-order valence-electron chi connectivity index (χ1n) is 11.6. The number of rotatable bonds is 7. The van der Waals surface area contributed by atoms with E-state index in [1.807, 2.05) is 18.7 Å². The van der Waals surface area contributed by atoms with E-state index >= 15 is 0 Å². The van der Waals surface area contributed by atoms with Crippen LogP contribution in [-0.4, -0.2) is 51.9 Å². The zero-order valence-corrected chi connectivity index (χ0v) is 20.1. The highest BCUT2D eigenvalue weighted by atomic mass is 32.1. The number of imide groups is 1. The lowest BCUT2D eigenvalue weighted by molar-refractivity contribution is -0.138. The summed E-state index contributed by atoms with van der Waals surface area (Å²) in [6.07, 6.45) is -2.06. The van der Waals surface area contributed by atoms with E-state index in [1.165, 1.54) is 28.4 Å². The van der Waals surface area contributed by atoms with E-state index < -0.39 is 17.3 Å². The second-order valence-corrected chi connectivity index (χ2v) is 9.97. The Morgan fingerprint density at radius 1 is 1.21 bits per heavy atom. The number of aromatic nitrogens is 1. The Labute approximate surface area is 201 Å². The van der Waals surface area contributed by atoms with Crippen LogP contribution >= 0.6 is 11.3 Å². The van der Waals surface area contributed by atoms with Gasteiger partial charge in [-0.15, -0.1) is 11.3 Å². The van der Waals surface area contributed by atoms with E-state index in [0.717, 1.165) is 16.6 Å². The van der Waals surface area contributed by atoms with Crippen molar-refractivity contribution in [2.45, 2.75) is 57.8 Å². The van der Waals surface area contributed by atoms with Crippen molar-refractivity contribution in [3.05, 3.63) is 51.5 Å². The van der Waals surface area contributed by atoms with Gasteiger partial charge in [0.25, 0.3) is 5.91 Å². The topological polar surface area (TPSA) is 65.5 Å². The van der Waals surface area contributed by atoms with Gasteiger partial charge in [0.1, 0.15) is 5.54 Å². The lowest BCUT2D eigenvalue weighted by Gasteiger charge is -2.40. The van der Waals surface area contributed by atoms with Crippen LogP contribution in [0.15, 0.2) is 29.8 Å². The molecule has 3 amide bonds. The summed E-state index contributed by atoms with van der Waals surface area (Å²) < 4.78 is 40.1. The zero-order chi connectivity index (χ0) is 24.5. The number of benzene rings is 1. The summed E-state index contributed by atoms with van der Waals surface area (Å²) in [7, 11) is 0. The number of nitrogens with one attached hydrogen (secondary N) is 1. The van der Waals surface area contributed by atoms with E-state index in [9.17, 15) is 22.8 Å². The van der Waals surface area contributed by atoms with Gasteiger partial charge in [-0.3, -0.25) is 14.6 Å².